The highest BCUT2D eigenvalue weighted by Gasteiger charge is 2.21. The van der Waals surface area contributed by atoms with Crippen LogP contribution >= 0.6 is 0 Å². The molecule has 1 fully saturated rings. The molecule has 1 aliphatic rings. The van der Waals surface area contributed by atoms with Crippen LogP contribution in [0.2, 0.25) is 0 Å². The van der Waals surface area contributed by atoms with E-state index in [4.69, 9.17) is 9.47 Å². The second kappa shape index (κ2) is 9.60. The molecule has 2 aromatic carbocycles. The Morgan fingerprint density at radius 2 is 1.83 bits per heavy atom. The minimum absolute atomic E-state index is 0.149. The lowest BCUT2D eigenvalue weighted by Crippen LogP contribution is -2.45. The van der Waals surface area contributed by atoms with E-state index in [2.05, 4.69) is 22.2 Å². The van der Waals surface area contributed by atoms with Gasteiger partial charge in [0.25, 0.3) is 5.91 Å². The molecule has 0 aliphatic carbocycles. The van der Waals surface area contributed by atoms with E-state index < -0.39 is 0 Å². The molecule has 0 spiro atoms. The number of para-hydroxylation sites is 2. The van der Waals surface area contributed by atoms with Gasteiger partial charge in [0, 0.05) is 37.4 Å². The second-order valence-electron chi connectivity index (χ2n) is 7.22. The largest absolute Gasteiger partial charge is 0.493 e. The van der Waals surface area contributed by atoms with E-state index in [9.17, 15) is 9.18 Å². The smallest absolute Gasteiger partial charge is 0.258 e. The number of amides is 1. The first-order chi connectivity index (χ1) is 14.0. The second-order valence-corrected chi connectivity index (χ2v) is 7.22. The molecule has 29 heavy (non-hydrogen) atoms. The number of nitrogens with zero attached hydrogens (tertiary/aromatic N) is 2. The van der Waals surface area contributed by atoms with Gasteiger partial charge in [0.1, 0.15) is 5.82 Å². The number of likely N-dealkylation sites (N-methyl/N-ethyl adjacent to an activating group) is 1. The maximum Gasteiger partial charge on any atom is 0.258 e. The lowest BCUT2D eigenvalue weighted by Gasteiger charge is -2.36. The minimum Gasteiger partial charge on any atom is -0.493 e. The molecule has 0 aromatic heterocycles. The predicted molar refractivity (Wildman–Crippen MR) is 111 cm³/mol. The highest BCUT2D eigenvalue weighted by molar-refractivity contribution is 5.78. The fraction of sp³-hybridized carbons (Fsp3) is 0.409. The predicted octanol–water partition coefficient (Wildman–Crippen LogP) is 2.84. The number of hydrogen-bond acceptors (Lipinski definition) is 5. The molecule has 1 atom stereocenters. The topological polar surface area (TPSA) is 54.0 Å². The molecule has 0 saturated carbocycles. The first-order valence-corrected chi connectivity index (χ1v) is 9.76. The number of methoxy groups -OCH3 is 1. The van der Waals surface area contributed by atoms with Crippen molar-refractivity contribution in [3.63, 3.8) is 0 Å². The van der Waals surface area contributed by atoms with Gasteiger partial charge in [0.05, 0.1) is 13.2 Å². The van der Waals surface area contributed by atoms with Crippen LogP contribution in [0.25, 0.3) is 0 Å². The maximum absolute atomic E-state index is 13.9. The molecule has 1 unspecified atom stereocenters. The number of nitrogens with one attached hydrogen (secondary N) is 1. The van der Waals surface area contributed by atoms with Gasteiger partial charge in [-0.3, -0.25) is 4.79 Å². The van der Waals surface area contributed by atoms with E-state index in [0.29, 0.717) is 11.5 Å². The van der Waals surface area contributed by atoms with Crippen LogP contribution in [0.15, 0.2) is 42.5 Å². The van der Waals surface area contributed by atoms with Crippen molar-refractivity contribution in [2.75, 3.05) is 51.8 Å². The Hall–Kier alpha value is -2.80. The molecule has 1 heterocycles. The number of halogens is 1. The van der Waals surface area contributed by atoms with Crippen LogP contribution in [0.5, 0.6) is 11.5 Å². The quantitative estimate of drug-likeness (QED) is 0.773. The van der Waals surface area contributed by atoms with Crippen molar-refractivity contribution >= 4 is 11.6 Å². The van der Waals surface area contributed by atoms with Gasteiger partial charge in [-0.15, -0.1) is 0 Å². The van der Waals surface area contributed by atoms with Crippen molar-refractivity contribution in [3.8, 4) is 11.5 Å². The van der Waals surface area contributed by atoms with Gasteiger partial charge in [-0.2, -0.15) is 0 Å². The monoisotopic (exact) mass is 401 g/mol. The molecule has 156 valence electrons. The van der Waals surface area contributed by atoms with E-state index in [-0.39, 0.29) is 24.4 Å². The number of hydrogen-bond donors (Lipinski definition) is 1. The summed E-state index contributed by atoms with van der Waals surface area (Å²) in [4.78, 5) is 16.9. The Balaban J connectivity index is 1.66. The molecule has 1 saturated heterocycles. The number of carbonyl (C=O) groups is 1. The van der Waals surface area contributed by atoms with Crippen LogP contribution in [0, 0.1) is 5.82 Å². The number of carbonyl (C=O) groups excluding carboxylic acids is 1. The van der Waals surface area contributed by atoms with Crippen molar-refractivity contribution in [3.05, 3.63) is 53.8 Å². The summed E-state index contributed by atoms with van der Waals surface area (Å²) in [5.41, 5.74) is 1.72. The SMILES string of the molecule is COc1ccccc1OCC(=O)NC(C)c1cc(F)ccc1N1CCN(C)CC1. The molecule has 3 rings (SSSR count). The van der Waals surface area contributed by atoms with Crippen LogP contribution < -0.4 is 19.7 Å². The third kappa shape index (κ3) is 5.38. The first kappa shape index (κ1) is 20.9. The molecule has 1 aliphatic heterocycles. The summed E-state index contributed by atoms with van der Waals surface area (Å²) in [6.07, 6.45) is 0. The van der Waals surface area contributed by atoms with Crippen molar-refractivity contribution < 1.29 is 18.7 Å². The maximum atomic E-state index is 13.9. The van der Waals surface area contributed by atoms with E-state index >= 15 is 0 Å². The lowest BCUT2D eigenvalue weighted by molar-refractivity contribution is -0.123. The van der Waals surface area contributed by atoms with Crippen molar-refractivity contribution in [2.24, 2.45) is 0 Å². The Morgan fingerprint density at radius 3 is 2.52 bits per heavy atom. The van der Waals surface area contributed by atoms with Crippen LogP contribution in [-0.4, -0.2) is 57.8 Å². The number of ether oxygens (including phenoxy) is 2. The third-order valence-corrected chi connectivity index (χ3v) is 5.11. The summed E-state index contributed by atoms with van der Waals surface area (Å²) in [5, 5.41) is 2.91. The Morgan fingerprint density at radius 1 is 1.14 bits per heavy atom. The average molecular weight is 401 g/mol. The van der Waals surface area contributed by atoms with E-state index in [1.54, 1.807) is 25.3 Å². The summed E-state index contributed by atoms with van der Waals surface area (Å²) in [5.74, 6) is 0.471. The zero-order chi connectivity index (χ0) is 20.8. The molecule has 6 nitrogen and oxygen atoms in total. The zero-order valence-corrected chi connectivity index (χ0v) is 17.2. The average Bonchev–Trinajstić information content (AvgIpc) is 2.73. The number of rotatable bonds is 7. The molecular formula is C22H28FN3O3. The van der Waals surface area contributed by atoms with E-state index in [0.717, 1.165) is 37.4 Å². The van der Waals surface area contributed by atoms with Crippen LogP contribution in [0.1, 0.15) is 18.5 Å². The minimum atomic E-state index is -0.353. The Bertz CT molecular complexity index is 838. The third-order valence-electron chi connectivity index (χ3n) is 5.11. The lowest BCUT2D eigenvalue weighted by atomic mass is 10.0. The summed E-state index contributed by atoms with van der Waals surface area (Å²) in [7, 11) is 3.64. The van der Waals surface area contributed by atoms with Gasteiger partial charge in [0.15, 0.2) is 18.1 Å². The zero-order valence-electron chi connectivity index (χ0n) is 17.2. The van der Waals surface area contributed by atoms with E-state index in [1.807, 2.05) is 19.1 Å². The number of piperazine rings is 1. The van der Waals surface area contributed by atoms with Gasteiger partial charge < -0.3 is 24.6 Å². The van der Waals surface area contributed by atoms with Gasteiger partial charge in [-0.25, -0.2) is 4.39 Å². The molecule has 1 N–H and O–H groups in total. The van der Waals surface area contributed by atoms with Gasteiger partial charge in [-0.1, -0.05) is 12.1 Å². The van der Waals surface area contributed by atoms with Crippen molar-refractivity contribution in [1.82, 2.24) is 10.2 Å². The Kier molecular flexibility index (Phi) is 6.93. The summed E-state index contributed by atoms with van der Waals surface area (Å²) < 4.78 is 24.8. The highest BCUT2D eigenvalue weighted by Crippen LogP contribution is 2.29. The molecule has 7 heteroatoms. The highest BCUT2D eigenvalue weighted by atomic mass is 19.1. The number of anilines is 1. The van der Waals surface area contributed by atoms with Gasteiger partial charge in [-0.05, 0) is 44.3 Å². The summed E-state index contributed by atoms with van der Waals surface area (Å²) in [6, 6.07) is 11.6. The van der Waals surface area contributed by atoms with Crippen molar-refractivity contribution in [2.45, 2.75) is 13.0 Å². The number of benzene rings is 2. The van der Waals surface area contributed by atoms with Crippen LogP contribution in [0.3, 0.4) is 0 Å². The first-order valence-electron chi connectivity index (χ1n) is 9.76. The fourth-order valence-electron chi connectivity index (χ4n) is 3.45. The van der Waals surface area contributed by atoms with Crippen molar-refractivity contribution in [1.29, 1.82) is 0 Å². The Labute approximate surface area is 171 Å². The van der Waals surface area contributed by atoms with Gasteiger partial charge in [0.2, 0.25) is 0 Å². The molecule has 2 aromatic rings. The van der Waals surface area contributed by atoms with Crippen LogP contribution in [-0.2, 0) is 4.79 Å². The molecular weight excluding hydrogens is 373 g/mol. The molecule has 0 bridgehead atoms. The normalized spacial score (nSPS) is 15.7. The van der Waals surface area contributed by atoms with Gasteiger partial charge >= 0.3 is 0 Å². The van der Waals surface area contributed by atoms with E-state index in [1.165, 1.54) is 12.1 Å². The summed E-state index contributed by atoms with van der Waals surface area (Å²) in [6.45, 7) is 5.34. The summed E-state index contributed by atoms with van der Waals surface area (Å²) >= 11 is 0. The molecule has 0 radical (unpaired) electrons. The standard InChI is InChI=1S/C22H28FN3O3/c1-16(24-22(27)15-29-21-7-5-4-6-20(21)28-3)18-14-17(23)8-9-19(18)26-12-10-25(2)11-13-26/h4-9,14,16H,10-13,15H2,1-3H3,(H,24,27). The fourth-order valence-corrected chi connectivity index (χ4v) is 3.45. The van der Waals surface area contributed by atoms with Crippen LogP contribution in [0.4, 0.5) is 10.1 Å². The molecule has 1 amide bonds.